The van der Waals surface area contributed by atoms with Crippen molar-refractivity contribution >= 4 is 5.91 Å². The van der Waals surface area contributed by atoms with Gasteiger partial charge in [0.1, 0.15) is 11.9 Å². The number of primary amides is 1. The Morgan fingerprint density at radius 3 is 2.41 bits per heavy atom. The van der Waals surface area contributed by atoms with Crippen molar-refractivity contribution in [3.63, 3.8) is 0 Å². The second-order valence-corrected chi connectivity index (χ2v) is 5.51. The van der Waals surface area contributed by atoms with Crippen LogP contribution >= 0.6 is 0 Å². The van der Waals surface area contributed by atoms with Gasteiger partial charge in [-0.25, -0.2) is 4.39 Å². The summed E-state index contributed by atoms with van der Waals surface area (Å²) in [4.78, 5) is 11.4. The summed E-state index contributed by atoms with van der Waals surface area (Å²) in [5.41, 5.74) is 8.45. The van der Waals surface area contributed by atoms with E-state index in [0.717, 1.165) is 17.5 Å². The third-order valence-corrected chi connectivity index (χ3v) is 3.88. The first-order valence-electron chi connectivity index (χ1n) is 7.50. The maximum Gasteiger partial charge on any atom is 0.275 e. The van der Waals surface area contributed by atoms with E-state index in [1.807, 2.05) is 23.5 Å². The van der Waals surface area contributed by atoms with Gasteiger partial charge in [-0.2, -0.15) is 0 Å². The van der Waals surface area contributed by atoms with E-state index in [-0.39, 0.29) is 23.8 Å². The number of nitrogens with two attached hydrogens (primary N) is 2. The van der Waals surface area contributed by atoms with Gasteiger partial charge in [-0.15, -0.1) is 0 Å². The zero-order chi connectivity index (χ0) is 16.1. The van der Waals surface area contributed by atoms with Crippen molar-refractivity contribution in [2.75, 3.05) is 0 Å². The van der Waals surface area contributed by atoms with E-state index in [1.165, 1.54) is 17.7 Å². The Bertz CT molecular complexity index is 640. The van der Waals surface area contributed by atoms with E-state index >= 15 is 0 Å². The molecule has 22 heavy (non-hydrogen) atoms. The Hall–Kier alpha value is -2.20. The molecule has 116 valence electrons. The van der Waals surface area contributed by atoms with E-state index < -0.39 is 0 Å². The van der Waals surface area contributed by atoms with Gasteiger partial charge in [0.15, 0.2) is 6.04 Å². The van der Waals surface area contributed by atoms with Crippen LogP contribution in [0.5, 0.6) is 0 Å². The molecule has 4 heteroatoms. The van der Waals surface area contributed by atoms with Gasteiger partial charge in [-0.05, 0) is 31.0 Å². The number of carbonyl (C=O) groups excluding carboxylic acids is 1. The molecule has 4 N–H and O–H groups in total. The lowest BCUT2D eigenvalue weighted by atomic mass is 9.96. The summed E-state index contributed by atoms with van der Waals surface area (Å²) in [7, 11) is 0. The molecule has 0 saturated heterocycles. The molecule has 0 heterocycles. The number of amides is 1. The lowest BCUT2D eigenvalue weighted by Gasteiger charge is -2.19. The number of benzene rings is 2. The zero-order valence-electron chi connectivity index (χ0n) is 12.9. The van der Waals surface area contributed by atoms with Gasteiger partial charge in [0.2, 0.25) is 0 Å². The lowest BCUT2D eigenvalue weighted by Crippen LogP contribution is -2.92. The highest BCUT2D eigenvalue weighted by Gasteiger charge is 2.23. The molecule has 3 nitrogen and oxygen atoms in total. The predicted molar refractivity (Wildman–Crippen MR) is 84.6 cm³/mol. The van der Waals surface area contributed by atoms with Gasteiger partial charge in [-0.1, -0.05) is 43.3 Å². The lowest BCUT2D eigenvalue weighted by molar-refractivity contribution is -0.704. The minimum atomic E-state index is -0.390. The number of hydrogen-bond acceptors (Lipinski definition) is 1. The number of quaternary nitrogens is 1. The summed E-state index contributed by atoms with van der Waals surface area (Å²) >= 11 is 0. The number of halogens is 1. The van der Waals surface area contributed by atoms with Gasteiger partial charge in [0, 0.05) is 11.1 Å². The number of aryl methyl sites for hydroxylation is 1. The molecule has 2 atom stereocenters. The minimum Gasteiger partial charge on any atom is -0.365 e. The highest BCUT2D eigenvalue weighted by molar-refractivity contribution is 5.77. The molecule has 0 radical (unpaired) electrons. The highest BCUT2D eigenvalue weighted by atomic mass is 19.1. The van der Waals surface area contributed by atoms with Crippen molar-refractivity contribution in [2.45, 2.75) is 32.4 Å². The number of rotatable bonds is 6. The molecular weight excluding hydrogens is 279 g/mol. The molecule has 0 aliphatic heterocycles. The Morgan fingerprint density at radius 1 is 1.18 bits per heavy atom. The first-order chi connectivity index (χ1) is 10.5. The topological polar surface area (TPSA) is 59.7 Å². The fourth-order valence-corrected chi connectivity index (χ4v) is 2.46. The van der Waals surface area contributed by atoms with Crippen LogP contribution in [0.25, 0.3) is 0 Å². The normalized spacial score (nSPS) is 13.6. The van der Waals surface area contributed by atoms with Crippen LogP contribution in [0, 0.1) is 5.82 Å². The van der Waals surface area contributed by atoms with E-state index in [4.69, 9.17) is 5.73 Å². The van der Waals surface area contributed by atoms with Gasteiger partial charge in [-0.3, -0.25) is 4.79 Å². The third-order valence-electron chi connectivity index (χ3n) is 3.88. The van der Waals surface area contributed by atoms with Crippen LogP contribution in [0.15, 0.2) is 48.5 Å². The maximum absolute atomic E-state index is 13.6. The molecule has 0 bridgehead atoms. The van der Waals surface area contributed by atoms with Crippen molar-refractivity contribution in [3.8, 4) is 0 Å². The molecule has 0 fully saturated rings. The largest absolute Gasteiger partial charge is 0.365 e. The van der Waals surface area contributed by atoms with Crippen molar-refractivity contribution in [2.24, 2.45) is 5.73 Å². The summed E-state index contributed by atoms with van der Waals surface area (Å²) in [5, 5.41) is 1.87. The van der Waals surface area contributed by atoms with Crippen molar-refractivity contribution in [1.82, 2.24) is 0 Å². The summed E-state index contributed by atoms with van der Waals surface area (Å²) < 4.78 is 13.6. The fraction of sp³-hybridized carbons (Fsp3) is 0.278. The van der Waals surface area contributed by atoms with Gasteiger partial charge in [0.05, 0.1) is 0 Å². The Balaban J connectivity index is 2.37. The Labute approximate surface area is 130 Å². The molecule has 0 aliphatic carbocycles. The molecule has 2 rings (SSSR count). The van der Waals surface area contributed by atoms with Crippen molar-refractivity contribution in [1.29, 1.82) is 0 Å². The average molecular weight is 301 g/mol. The zero-order valence-corrected chi connectivity index (χ0v) is 12.9. The smallest absolute Gasteiger partial charge is 0.275 e. The fourth-order valence-electron chi connectivity index (χ4n) is 2.46. The summed E-state index contributed by atoms with van der Waals surface area (Å²) in [6.07, 6.45) is 0.965. The van der Waals surface area contributed by atoms with Gasteiger partial charge in [0.25, 0.3) is 5.91 Å². The van der Waals surface area contributed by atoms with Crippen LogP contribution in [0.1, 0.15) is 36.6 Å². The monoisotopic (exact) mass is 301 g/mol. The minimum absolute atomic E-state index is 0.163. The summed E-state index contributed by atoms with van der Waals surface area (Å²) in [5.74, 6) is -0.667. The Morgan fingerprint density at radius 2 is 1.86 bits per heavy atom. The third kappa shape index (κ3) is 3.92. The van der Waals surface area contributed by atoms with Crippen LogP contribution in [0.4, 0.5) is 4.39 Å². The molecule has 2 aromatic carbocycles. The first kappa shape index (κ1) is 16.2. The van der Waals surface area contributed by atoms with E-state index in [1.54, 1.807) is 13.0 Å². The summed E-state index contributed by atoms with van der Waals surface area (Å²) in [6, 6.07) is 14.1. The van der Waals surface area contributed by atoms with Crippen molar-refractivity contribution < 1.29 is 14.5 Å². The Kier molecular flexibility index (Phi) is 5.28. The molecule has 0 aromatic heterocycles. The van der Waals surface area contributed by atoms with E-state index in [0.29, 0.717) is 0 Å². The van der Waals surface area contributed by atoms with Crippen LogP contribution in [0.3, 0.4) is 0 Å². The molecule has 1 amide bonds. The van der Waals surface area contributed by atoms with Crippen LogP contribution in [0.2, 0.25) is 0 Å². The maximum atomic E-state index is 13.6. The van der Waals surface area contributed by atoms with Crippen LogP contribution in [-0.4, -0.2) is 11.9 Å². The molecular formula is C18H22FN2O+. The SMILES string of the molecule is CCc1ccc([C@H]([NH2+][C@@H](C)C(N)=O)c2cccc(F)c2)cc1. The standard InChI is InChI=1S/C18H21FN2O/c1-3-13-7-9-14(10-8-13)17(21-12(2)18(20)22)15-5-4-6-16(19)11-15/h4-12,17,21H,3H2,1-2H3,(H2,20,22)/p+1/t12-,17-/m0/s1. The predicted octanol–water partition coefficient (Wildman–Crippen LogP) is 1.91. The van der Waals surface area contributed by atoms with Gasteiger partial charge < -0.3 is 11.1 Å². The van der Waals surface area contributed by atoms with Gasteiger partial charge >= 0.3 is 0 Å². The van der Waals surface area contributed by atoms with E-state index in [2.05, 4.69) is 19.1 Å². The highest BCUT2D eigenvalue weighted by Crippen LogP contribution is 2.20. The second kappa shape index (κ2) is 7.18. The molecule has 0 aliphatic rings. The quantitative estimate of drug-likeness (QED) is 0.841. The van der Waals surface area contributed by atoms with Crippen LogP contribution in [-0.2, 0) is 11.2 Å². The number of carbonyl (C=O) groups is 1. The van der Waals surface area contributed by atoms with Crippen molar-refractivity contribution in [3.05, 3.63) is 71.0 Å². The second-order valence-electron chi connectivity index (χ2n) is 5.51. The van der Waals surface area contributed by atoms with Crippen LogP contribution < -0.4 is 11.1 Å². The molecule has 2 aromatic rings. The molecule has 0 unspecified atom stereocenters. The average Bonchev–Trinajstić information content (AvgIpc) is 2.52. The first-order valence-corrected chi connectivity index (χ1v) is 7.50. The van der Waals surface area contributed by atoms with E-state index in [9.17, 15) is 9.18 Å². The summed E-state index contributed by atoms with van der Waals surface area (Å²) in [6.45, 7) is 3.86. The number of hydrogen-bond donors (Lipinski definition) is 2. The molecule has 0 saturated carbocycles. The molecule has 0 spiro atoms.